The minimum absolute atomic E-state index is 0.0194. The van der Waals surface area contributed by atoms with Gasteiger partial charge in [-0.05, 0) is 36.5 Å². The van der Waals surface area contributed by atoms with Gasteiger partial charge in [0.1, 0.15) is 5.75 Å². The number of hydrogen-bond acceptors (Lipinski definition) is 2. The molecule has 3 nitrogen and oxygen atoms in total. The van der Waals surface area contributed by atoms with E-state index in [-0.39, 0.29) is 18.1 Å². The molecule has 0 heterocycles. The van der Waals surface area contributed by atoms with Crippen molar-refractivity contribution in [3.63, 3.8) is 0 Å². The van der Waals surface area contributed by atoms with Gasteiger partial charge in [0.2, 0.25) is 0 Å². The molecule has 0 aliphatic carbocycles. The largest absolute Gasteiger partial charge is 0.508 e. The molecule has 0 amide bonds. The van der Waals surface area contributed by atoms with Gasteiger partial charge in [-0.2, -0.15) is 0 Å². The molecule has 0 aromatic heterocycles. The fourth-order valence-corrected chi connectivity index (χ4v) is 1.59. The molecule has 1 aromatic carbocycles. The van der Waals surface area contributed by atoms with E-state index < -0.39 is 5.97 Å². The number of phenols is 1. The Morgan fingerprint density at radius 3 is 2.60 bits per heavy atom. The molecule has 82 valence electrons. The van der Waals surface area contributed by atoms with Crippen LogP contribution in [0.1, 0.15) is 36.8 Å². The fraction of sp³-hybridized carbons (Fsp3) is 0.417. The van der Waals surface area contributed by atoms with Gasteiger partial charge in [0.25, 0.3) is 0 Å². The summed E-state index contributed by atoms with van der Waals surface area (Å²) in [5.41, 5.74) is 1.70. The van der Waals surface area contributed by atoms with E-state index >= 15 is 0 Å². The average Bonchev–Trinajstić information content (AvgIpc) is 2.18. The van der Waals surface area contributed by atoms with E-state index in [9.17, 15) is 9.90 Å². The van der Waals surface area contributed by atoms with Crippen molar-refractivity contribution in [2.24, 2.45) is 0 Å². The molecule has 0 bridgehead atoms. The number of hydrogen-bond donors (Lipinski definition) is 2. The van der Waals surface area contributed by atoms with Crippen molar-refractivity contribution in [3.05, 3.63) is 29.3 Å². The highest BCUT2D eigenvalue weighted by atomic mass is 16.4. The van der Waals surface area contributed by atoms with Crippen LogP contribution >= 0.6 is 0 Å². The Balaban J connectivity index is 2.92. The van der Waals surface area contributed by atoms with E-state index in [4.69, 9.17) is 5.11 Å². The minimum atomic E-state index is -0.804. The monoisotopic (exact) mass is 208 g/mol. The first-order valence-corrected chi connectivity index (χ1v) is 5.06. The van der Waals surface area contributed by atoms with Gasteiger partial charge >= 0.3 is 5.97 Å². The fourth-order valence-electron chi connectivity index (χ4n) is 1.59. The maximum atomic E-state index is 10.6. The highest BCUT2D eigenvalue weighted by Crippen LogP contribution is 2.27. The summed E-state index contributed by atoms with van der Waals surface area (Å²) < 4.78 is 0. The van der Waals surface area contributed by atoms with Gasteiger partial charge in [-0.25, -0.2) is 0 Å². The third kappa shape index (κ3) is 2.98. The summed E-state index contributed by atoms with van der Waals surface area (Å²) in [6.45, 7) is 3.77. The van der Waals surface area contributed by atoms with Crippen molar-refractivity contribution >= 4 is 5.97 Å². The number of carboxylic acids is 1. The molecular formula is C12H16O3. The number of rotatable bonds is 4. The van der Waals surface area contributed by atoms with Gasteiger partial charge in [0.05, 0.1) is 6.42 Å². The van der Waals surface area contributed by atoms with Crippen LogP contribution in [0.5, 0.6) is 5.75 Å². The van der Waals surface area contributed by atoms with Gasteiger partial charge in [-0.15, -0.1) is 0 Å². The van der Waals surface area contributed by atoms with Gasteiger partial charge < -0.3 is 10.2 Å². The third-order valence-corrected chi connectivity index (χ3v) is 2.62. The molecule has 0 aliphatic rings. The van der Waals surface area contributed by atoms with Crippen LogP contribution in [0.3, 0.4) is 0 Å². The number of benzene rings is 1. The Labute approximate surface area is 89.4 Å². The highest BCUT2D eigenvalue weighted by Gasteiger charge is 2.14. The summed E-state index contributed by atoms with van der Waals surface area (Å²) >= 11 is 0. The lowest BCUT2D eigenvalue weighted by atomic mass is 9.92. The number of aryl methyl sites for hydroxylation is 1. The lowest BCUT2D eigenvalue weighted by molar-refractivity contribution is -0.137. The molecule has 0 fully saturated rings. The SMILES string of the molecule is CC[C@@H](CC(=O)O)c1ccc(C)c(O)c1. The second-order valence-electron chi connectivity index (χ2n) is 3.75. The van der Waals surface area contributed by atoms with Crippen molar-refractivity contribution in [2.75, 3.05) is 0 Å². The zero-order valence-corrected chi connectivity index (χ0v) is 9.03. The predicted molar refractivity (Wildman–Crippen MR) is 58.1 cm³/mol. The van der Waals surface area contributed by atoms with Crippen molar-refractivity contribution in [1.82, 2.24) is 0 Å². The molecule has 1 rings (SSSR count). The predicted octanol–water partition coefficient (Wildman–Crippen LogP) is 2.67. The van der Waals surface area contributed by atoms with Gasteiger partial charge in [-0.1, -0.05) is 19.1 Å². The molecule has 1 aromatic rings. The van der Waals surface area contributed by atoms with Crippen LogP contribution in [-0.4, -0.2) is 16.2 Å². The number of phenolic OH excluding ortho intramolecular Hbond substituents is 1. The average molecular weight is 208 g/mol. The third-order valence-electron chi connectivity index (χ3n) is 2.62. The minimum Gasteiger partial charge on any atom is -0.508 e. The van der Waals surface area contributed by atoms with E-state index in [1.54, 1.807) is 6.07 Å². The first-order chi connectivity index (χ1) is 7.04. The molecule has 0 radical (unpaired) electrons. The summed E-state index contributed by atoms with van der Waals surface area (Å²) in [6, 6.07) is 5.35. The topological polar surface area (TPSA) is 57.5 Å². The van der Waals surface area contributed by atoms with Crippen LogP contribution in [0.4, 0.5) is 0 Å². The van der Waals surface area contributed by atoms with E-state index in [0.717, 1.165) is 17.5 Å². The summed E-state index contributed by atoms with van der Waals surface area (Å²) in [6.07, 6.45) is 0.869. The number of carbonyl (C=O) groups is 1. The van der Waals surface area contributed by atoms with E-state index in [0.29, 0.717) is 0 Å². The zero-order chi connectivity index (χ0) is 11.4. The maximum absolute atomic E-state index is 10.6. The number of carboxylic acid groups (broad SMARTS) is 1. The first-order valence-electron chi connectivity index (χ1n) is 5.06. The van der Waals surface area contributed by atoms with Crippen LogP contribution in [0, 0.1) is 6.92 Å². The van der Waals surface area contributed by atoms with Crippen LogP contribution in [0.2, 0.25) is 0 Å². The molecule has 1 atom stereocenters. The molecule has 0 unspecified atom stereocenters. The molecule has 2 N–H and O–H groups in total. The van der Waals surface area contributed by atoms with Gasteiger partial charge in [-0.3, -0.25) is 4.79 Å². The second kappa shape index (κ2) is 4.82. The second-order valence-corrected chi connectivity index (χ2v) is 3.75. The zero-order valence-electron chi connectivity index (χ0n) is 9.03. The Hall–Kier alpha value is -1.51. The number of aromatic hydroxyl groups is 1. The Kier molecular flexibility index (Phi) is 3.72. The van der Waals surface area contributed by atoms with Crippen LogP contribution in [0.25, 0.3) is 0 Å². The Morgan fingerprint density at radius 2 is 2.13 bits per heavy atom. The van der Waals surface area contributed by atoms with E-state index in [1.807, 2.05) is 26.0 Å². The van der Waals surface area contributed by atoms with Crippen molar-refractivity contribution in [3.8, 4) is 5.75 Å². The van der Waals surface area contributed by atoms with Crippen LogP contribution in [0.15, 0.2) is 18.2 Å². The van der Waals surface area contributed by atoms with Gasteiger partial charge in [0.15, 0.2) is 0 Å². The summed E-state index contributed by atoms with van der Waals surface area (Å²) in [5, 5.41) is 18.3. The van der Waals surface area contributed by atoms with Crippen LogP contribution in [-0.2, 0) is 4.79 Å². The molecular weight excluding hydrogens is 192 g/mol. The quantitative estimate of drug-likeness (QED) is 0.799. The standard InChI is InChI=1S/C12H16O3/c1-3-9(7-12(14)15)10-5-4-8(2)11(13)6-10/h4-6,9,13H,3,7H2,1-2H3,(H,14,15)/t9-/m0/s1. The Bertz CT molecular complexity index is 358. The lowest BCUT2D eigenvalue weighted by Gasteiger charge is -2.13. The smallest absolute Gasteiger partial charge is 0.303 e. The Morgan fingerprint density at radius 1 is 1.47 bits per heavy atom. The van der Waals surface area contributed by atoms with Crippen molar-refractivity contribution in [1.29, 1.82) is 0 Å². The summed E-state index contributed by atoms with van der Waals surface area (Å²) in [4.78, 5) is 10.6. The first kappa shape index (κ1) is 11.6. The molecule has 0 spiro atoms. The molecule has 3 heteroatoms. The maximum Gasteiger partial charge on any atom is 0.303 e. The summed E-state index contributed by atoms with van der Waals surface area (Å²) in [7, 11) is 0. The molecule has 15 heavy (non-hydrogen) atoms. The van der Waals surface area contributed by atoms with Crippen LogP contribution < -0.4 is 0 Å². The van der Waals surface area contributed by atoms with Crippen molar-refractivity contribution < 1.29 is 15.0 Å². The highest BCUT2D eigenvalue weighted by molar-refractivity contribution is 5.68. The number of aliphatic carboxylic acids is 1. The molecule has 0 aliphatic heterocycles. The normalized spacial score (nSPS) is 12.4. The lowest BCUT2D eigenvalue weighted by Crippen LogP contribution is -2.05. The van der Waals surface area contributed by atoms with E-state index in [1.165, 1.54) is 0 Å². The van der Waals surface area contributed by atoms with Crippen molar-refractivity contribution in [2.45, 2.75) is 32.6 Å². The van der Waals surface area contributed by atoms with Gasteiger partial charge in [0, 0.05) is 0 Å². The molecule has 0 saturated carbocycles. The summed E-state index contributed by atoms with van der Waals surface area (Å²) in [5.74, 6) is -0.591. The van der Waals surface area contributed by atoms with E-state index in [2.05, 4.69) is 0 Å². The molecule has 0 saturated heterocycles.